The van der Waals surface area contributed by atoms with Crippen molar-refractivity contribution < 1.29 is 18.8 Å². The lowest BCUT2D eigenvalue weighted by molar-refractivity contribution is -0.144. The quantitative estimate of drug-likeness (QED) is 0.377. The molecule has 1 unspecified atom stereocenters. The summed E-state index contributed by atoms with van der Waals surface area (Å²) in [6.45, 7) is 5.24. The van der Waals surface area contributed by atoms with Crippen molar-refractivity contribution in [3.8, 4) is 0 Å². The van der Waals surface area contributed by atoms with Crippen molar-refractivity contribution in [1.29, 1.82) is 0 Å². The van der Waals surface area contributed by atoms with Gasteiger partial charge in [-0.1, -0.05) is 42.5 Å². The van der Waals surface area contributed by atoms with E-state index < -0.39 is 29.5 Å². The zero-order valence-corrected chi connectivity index (χ0v) is 16.8. The highest BCUT2D eigenvalue weighted by Crippen LogP contribution is 2.29. The predicted molar refractivity (Wildman–Crippen MR) is 110 cm³/mol. The Labute approximate surface area is 172 Å². The van der Waals surface area contributed by atoms with Crippen LogP contribution in [0.1, 0.15) is 35.2 Å². The Hall–Kier alpha value is -3.74. The van der Waals surface area contributed by atoms with Gasteiger partial charge >= 0.3 is 23.5 Å². The molecule has 1 aliphatic heterocycles. The molecule has 1 aliphatic rings. The number of amides is 4. The largest absolute Gasteiger partial charge is 0.422 e. The highest BCUT2D eigenvalue weighted by atomic mass is 16.4. The van der Waals surface area contributed by atoms with Crippen LogP contribution in [-0.2, 0) is 16.1 Å². The van der Waals surface area contributed by atoms with Crippen molar-refractivity contribution in [2.45, 2.75) is 33.4 Å². The number of fused-ring (bicyclic) bond motifs is 1. The predicted octanol–water partition coefficient (Wildman–Crippen LogP) is 3.46. The third-order valence-corrected chi connectivity index (χ3v) is 5.60. The Balaban J connectivity index is 1.72. The van der Waals surface area contributed by atoms with Crippen LogP contribution in [0.3, 0.4) is 0 Å². The first kappa shape index (κ1) is 19.6. The molecule has 1 atom stereocenters. The van der Waals surface area contributed by atoms with Gasteiger partial charge in [-0.3, -0.25) is 14.5 Å². The number of carbonyl (C=O) groups is 3. The first-order valence-corrected chi connectivity index (χ1v) is 9.56. The molecule has 0 radical (unpaired) electrons. The highest BCUT2D eigenvalue weighted by molar-refractivity contribution is 6.44. The molecule has 2 heterocycles. The molecule has 2 aromatic carbocycles. The first-order chi connectivity index (χ1) is 14.3. The van der Waals surface area contributed by atoms with Gasteiger partial charge in [-0.2, -0.15) is 0 Å². The second kappa shape index (κ2) is 7.26. The molecule has 152 valence electrons. The van der Waals surface area contributed by atoms with Crippen LogP contribution in [0.2, 0.25) is 0 Å². The Morgan fingerprint density at radius 3 is 2.33 bits per heavy atom. The average molecular weight is 404 g/mol. The van der Waals surface area contributed by atoms with Crippen LogP contribution in [0.15, 0.2) is 57.7 Å². The zero-order valence-electron chi connectivity index (χ0n) is 16.8. The average Bonchev–Trinajstić information content (AvgIpc) is 2.94. The maximum atomic E-state index is 13.0. The second-order valence-electron chi connectivity index (χ2n) is 7.41. The van der Waals surface area contributed by atoms with E-state index in [2.05, 4.69) is 0 Å². The molecule has 0 bridgehead atoms. The Morgan fingerprint density at radius 2 is 1.63 bits per heavy atom. The fourth-order valence-corrected chi connectivity index (χ4v) is 3.71. The molecule has 1 aromatic heterocycles. The van der Waals surface area contributed by atoms with E-state index in [0.717, 1.165) is 26.5 Å². The third kappa shape index (κ3) is 3.08. The molecule has 3 aromatic rings. The minimum Gasteiger partial charge on any atom is -0.422 e. The van der Waals surface area contributed by atoms with Crippen LogP contribution >= 0.6 is 0 Å². The van der Waals surface area contributed by atoms with Crippen molar-refractivity contribution in [1.82, 2.24) is 9.80 Å². The molecule has 4 amide bonds. The van der Waals surface area contributed by atoms with Crippen molar-refractivity contribution in [2.75, 3.05) is 0 Å². The van der Waals surface area contributed by atoms with Crippen molar-refractivity contribution in [3.63, 3.8) is 0 Å². The SMILES string of the molecule is Cc1ccc2c(CN3C(=O)C(=O)N(C(C)c4ccccc4)C3=O)cc(=O)oc2c1C. The van der Waals surface area contributed by atoms with Gasteiger partial charge < -0.3 is 4.42 Å². The topological polar surface area (TPSA) is 87.9 Å². The van der Waals surface area contributed by atoms with Crippen LogP contribution in [0, 0.1) is 13.8 Å². The third-order valence-electron chi connectivity index (χ3n) is 5.60. The van der Waals surface area contributed by atoms with Gasteiger partial charge in [-0.25, -0.2) is 14.5 Å². The fourth-order valence-electron chi connectivity index (χ4n) is 3.71. The molecule has 7 heteroatoms. The van der Waals surface area contributed by atoms with Crippen molar-refractivity contribution in [3.05, 3.63) is 81.2 Å². The van der Waals surface area contributed by atoms with E-state index in [-0.39, 0.29) is 6.54 Å². The van der Waals surface area contributed by atoms with Gasteiger partial charge in [-0.15, -0.1) is 0 Å². The van der Waals surface area contributed by atoms with E-state index in [1.54, 1.807) is 37.3 Å². The van der Waals surface area contributed by atoms with Gasteiger partial charge in [0.05, 0.1) is 12.6 Å². The van der Waals surface area contributed by atoms with Crippen molar-refractivity contribution in [2.24, 2.45) is 0 Å². The van der Waals surface area contributed by atoms with Gasteiger partial charge in [0.15, 0.2) is 0 Å². The molecule has 30 heavy (non-hydrogen) atoms. The van der Waals surface area contributed by atoms with Crippen LogP contribution < -0.4 is 5.63 Å². The Morgan fingerprint density at radius 1 is 0.933 bits per heavy atom. The summed E-state index contributed by atoms with van der Waals surface area (Å²) in [6.07, 6.45) is 0. The van der Waals surface area contributed by atoms with Crippen LogP contribution in [0.25, 0.3) is 11.0 Å². The minimum atomic E-state index is -0.909. The number of hydrogen-bond acceptors (Lipinski definition) is 5. The summed E-state index contributed by atoms with van der Waals surface area (Å²) >= 11 is 0. The fraction of sp³-hybridized carbons (Fsp3) is 0.217. The normalized spacial score (nSPS) is 15.4. The summed E-state index contributed by atoms with van der Waals surface area (Å²) in [4.78, 5) is 52.1. The molecular weight excluding hydrogens is 384 g/mol. The molecule has 1 fully saturated rings. The molecule has 0 spiro atoms. The summed E-state index contributed by atoms with van der Waals surface area (Å²) in [5.41, 5.74) is 2.79. The van der Waals surface area contributed by atoms with Crippen molar-refractivity contribution >= 4 is 28.8 Å². The maximum absolute atomic E-state index is 13.0. The molecule has 4 rings (SSSR count). The minimum absolute atomic E-state index is 0.188. The summed E-state index contributed by atoms with van der Waals surface area (Å²) in [5, 5.41) is 0.625. The van der Waals surface area contributed by atoms with Gasteiger partial charge in [0.2, 0.25) is 0 Å². The number of rotatable bonds is 4. The summed E-state index contributed by atoms with van der Waals surface area (Å²) < 4.78 is 5.35. The monoisotopic (exact) mass is 404 g/mol. The maximum Gasteiger partial charge on any atom is 0.336 e. The number of hydrogen-bond donors (Lipinski definition) is 0. The molecule has 0 saturated carbocycles. The van der Waals surface area contributed by atoms with E-state index in [4.69, 9.17) is 4.42 Å². The summed E-state index contributed by atoms with van der Waals surface area (Å²) in [5.74, 6) is -1.79. The highest BCUT2D eigenvalue weighted by Gasteiger charge is 2.47. The summed E-state index contributed by atoms with van der Waals surface area (Å²) in [7, 11) is 0. The van der Waals surface area contributed by atoms with Crippen LogP contribution in [0.4, 0.5) is 4.79 Å². The van der Waals surface area contributed by atoms with Crippen LogP contribution in [0.5, 0.6) is 0 Å². The second-order valence-corrected chi connectivity index (χ2v) is 7.41. The van der Waals surface area contributed by atoms with Gasteiger partial charge in [0, 0.05) is 11.5 Å². The molecular formula is C23H20N2O5. The number of urea groups is 1. The van der Waals surface area contributed by atoms with E-state index >= 15 is 0 Å². The lowest BCUT2D eigenvalue weighted by atomic mass is 10.0. The van der Waals surface area contributed by atoms with E-state index in [1.165, 1.54) is 6.07 Å². The lowest BCUT2D eigenvalue weighted by Gasteiger charge is -2.22. The van der Waals surface area contributed by atoms with Gasteiger partial charge in [0.1, 0.15) is 5.58 Å². The Bertz CT molecular complexity index is 1250. The molecule has 0 aliphatic carbocycles. The number of imide groups is 2. The number of nitrogens with zero attached hydrogens (tertiary/aromatic N) is 2. The number of benzene rings is 2. The van der Waals surface area contributed by atoms with E-state index in [0.29, 0.717) is 16.5 Å². The number of carbonyl (C=O) groups excluding carboxylic acids is 3. The van der Waals surface area contributed by atoms with E-state index in [9.17, 15) is 19.2 Å². The van der Waals surface area contributed by atoms with Gasteiger partial charge in [0.25, 0.3) is 0 Å². The molecule has 7 nitrogen and oxygen atoms in total. The molecule has 1 saturated heterocycles. The number of aryl methyl sites for hydroxylation is 2. The standard InChI is InChI=1S/C23H20N2O5/c1-13-9-10-18-17(11-19(26)30-20(18)14(13)2)12-24-21(27)22(28)25(23(24)29)15(3)16-7-5-4-6-8-16/h4-11,15H,12H2,1-3H3. The van der Waals surface area contributed by atoms with Gasteiger partial charge in [-0.05, 0) is 43.0 Å². The smallest absolute Gasteiger partial charge is 0.336 e. The molecule has 0 N–H and O–H groups in total. The lowest BCUT2D eigenvalue weighted by Crippen LogP contribution is -2.35. The van der Waals surface area contributed by atoms with E-state index in [1.807, 2.05) is 26.0 Å². The summed E-state index contributed by atoms with van der Waals surface area (Å²) in [6, 6.07) is 12.6. The first-order valence-electron chi connectivity index (χ1n) is 9.56. The van der Waals surface area contributed by atoms with Crippen LogP contribution in [-0.4, -0.2) is 27.6 Å². The Kier molecular flexibility index (Phi) is 4.73. The zero-order chi connectivity index (χ0) is 21.6.